The van der Waals surface area contributed by atoms with Crippen molar-refractivity contribution in [2.45, 2.75) is 32.3 Å². The molecule has 2 nitrogen and oxygen atoms in total. The topological polar surface area (TPSA) is 26.3 Å². The van der Waals surface area contributed by atoms with E-state index in [0.29, 0.717) is 23.4 Å². The van der Waals surface area contributed by atoms with Gasteiger partial charge in [0.1, 0.15) is 11.6 Å². The molecule has 0 aliphatic rings. The number of carbonyl (C=O) groups is 1. The van der Waals surface area contributed by atoms with Gasteiger partial charge in [-0.3, -0.25) is 4.79 Å². The lowest BCUT2D eigenvalue weighted by molar-refractivity contribution is -0.119. The molecule has 0 bridgehead atoms. The van der Waals surface area contributed by atoms with E-state index in [1.165, 1.54) is 18.2 Å². The molecule has 0 heterocycles. The van der Waals surface area contributed by atoms with Gasteiger partial charge >= 0.3 is 0 Å². The lowest BCUT2D eigenvalue weighted by Gasteiger charge is -2.08. The molecule has 1 atom stereocenters. The van der Waals surface area contributed by atoms with Crippen molar-refractivity contribution in [3.05, 3.63) is 34.6 Å². The summed E-state index contributed by atoms with van der Waals surface area (Å²) in [6.07, 6.45) is 1.32. The van der Waals surface area contributed by atoms with Gasteiger partial charge in [-0.2, -0.15) is 0 Å². The highest BCUT2D eigenvalue weighted by atomic mass is 35.5. The molecule has 1 aromatic rings. The fraction of sp³-hybridized carbons (Fsp3) is 0.462. The molecule has 0 radical (unpaired) electrons. The highest BCUT2D eigenvalue weighted by Crippen LogP contribution is 2.18. The Hall–Kier alpha value is -0.930. The van der Waals surface area contributed by atoms with Crippen molar-refractivity contribution in [3.63, 3.8) is 0 Å². The van der Waals surface area contributed by atoms with Crippen LogP contribution >= 0.6 is 11.6 Å². The number of ketones is 1. The standard InChI is InChI=1S/C13H16ClFO2/c1-9(17-2)3-5-12(16)8-10-7-11(15)4-6-13(10)14/h4,6-7,9H,3,5,8H2,1-2H3. The van der Waals surface area contributed by atoms with E-state index in [4.69, 9.17) is 16.3 Å². The summed E-state index contributed by atoms with van der Waals surface area (Å²) >= 11 is 5.89. The quantitative estimate of drug-likeness (QED) is 0.782. The Balaban J connectivity index is 2.53. The molecule has 17 heavy (non-hydrogen) atoms. The minimum Gasteiger partial charge on any atom is -0.382 e. The molecule has 1 aromatic carbocycles. The van der Waals surface area contributed by atoms with Crippen LogP contribution in [0.25, 0.3) is 0 Å². The second-order valence-corrected chi connectivity index (χ2v) is 4.44. The van der Waals surface area contributed by atoms with Crippen LogP contribution in [0.4, 0.5) is 4.39 Å². The van der Waals surface area contributed by atoms with E-state index in [-0.39, 0.29) is 24.1 Å². The fourth-order valence-electron chi connectivity index (χ4n) is 1.46. The Bertz CT molecular complexity index is 393. The van der Waals surface area contributed by atoms with Gasteiger partial charge in [-0.05, 0) is 37.1 Å². The molecule has 1 rings (SSSR count). The van der Waals surface area contributed by atoms with E-state index in [2.05, 4.69) is 0 Å². The van der Waals surface area contributed by atoms with Gasteiger partial charge in [0.15, 0.2) is 0 Å². The number of benzene rings is 1. The van der Waals surface area contributed by atoms with Crippen molar-refractivity contribution in [2.24, 2.45) is 0 Å². The molecule has 0 saturated carbocycles. The minimum atomic E-state index is -0.373. The summed E-state index contributed by atoms with van der Waals surface area (Å²) in [5, 5.41) is 0.430. The summed E-state index contributed by atoms with van der Waals surface area (Å²) in [7, 11) is 1.61. The van der Waals surface area contributed by atoms with Crippen LogP contribution in [-0.4, -0.2) is 19.0 Å². The SMILES string of the molecule is COC(C)CCC(=O)Cc1cc(F)ccc1Cl. The first-order valence-electron chi connectivity index (χ1n) is 5.51. The first kappa shape index (κ1) is 14.1. The number of hydrogen-bond donors (Lipinski definition) is 0. The second-order valence-electron chi connectivity index (χ2n) is 4.04. The smallest absolute Gasteiger partial charge is 0.137 e. The average molecular weight is 259 g/mol. The van der Waals surface area contributed by atoms with Crippen LogP contribution in [0.15, 0.2) is 18.2 Å². The molecule has 1 unspecified atom stereocenters. The number of Topliss-reactive ketones (excluding diaryl/α,β-unsaturated/α-hetero) is 1. The van der Waals surface area contributed by atoms with Gasteiger partial charge in [0.25, 0.3) is 0 Å². The van der Waals surface area contributed by atoms with Crippen LogP contribution in [0.3, 0.4) is 0 Å². The third-order valence-corrected chi connectivity index (χ3v) is 3.00. The maximum absolute atomic E-state index is 13.0. The maximum Gasteiger partial charge on any atom is 0.137 e. The van der Waals surface area contributed by atoms with E-state index >= 15 is 0 Å². The summed E-state index contributed by atoms with van der Waals surface area (Å²) in [5.74, 6) is -0.330. The number of methoxy groups -OCH3 is 1. The van der Waals surface area contributed by atoms with Crippen LogP contribution in [-0.2, 0) is 16.0 Å². The number of halogens is 2. The van der Waals surface area contributed by atoms with Crippen molar-refractivity contribution < 1.29 is 13.9 Å². The summed E-state index contributed by atoms with van der Waals surface area (Å²) in [5.41, 5.74) is 0.543. The van der Waals surface area contributed by atoms with Gasteiger partial charge < -0.3 is 4.74 Å². The molecule has 0 aromatic heterocycles. The molecular formula is C13H16ClFO2. The van der Waals surface area contributed by atoms with Crippen LogP contribution < -0.4 is 0 Å². The zero-order valence-corrected chi connectivity index (χ0v) is 10.8. The van der Waals surface area contributed by atoms with Crippen molar-refractivity contribution in [2.75, 3.05) is 7.11 Å². The van der Waals surface area contributed by atoms with Crippen LogP contribution in [0.1, 0.15) is 25.3 Å². The van der Waals surface area contributed by atoms with Crippen LogP contribution in [0.2, 0.25) is 5.02 Å². The van der Waals surface area contributed by atoms with Gasteiger partial charge in [0.05, 0.1) is 6.10 Å². The Morgan fingerprint density at radius 2 is 2.24 bits per heavy atom. The molecule has 0 N–H and O–H groups in total. The van der Waals surface area contributed by atoms with Gasteiger partial charge in [-0.15, -0.1) is 0 Å². The monoisotopic (exact) mass is 258 g/mol. The predicted octanol–water partition coefficient (Wildman–Crippen LogP) is 3.41. The number of hydrogen-bond acceptors (Lipinski definition) is 2. The summed E-state index contributed by atoms with van der Waals surface area (Å²) in [4.78, 5) is 11.7. The molecule has 0 spiro atoms. The van der Waals surface area contributed by atoms with Gasteiger partial charge in [0.2, 0.25) is 0 Å². The highest BCUT2D eigenvalue weighted by Gasteiger charge is 2.10. The van der Waals surface area contributed by atoms with Gasteiger partial charge in [0, 0.05) is 25.0 Å². The third kappa shape index (κ3) is 4.84. The maximum atomic E-state index is 13.0. The molecule has 0 amide bonds. The van der Waals surface area contributed by atoms with Crippen LogP contribution in [0.5, 0.6) is 0 Å². The normalized spacial score (nSPS) is 12.5. The molecule has 0 saturated heterocycles. The van der Waals surface area contributed by atoms with Crippen molar-refractivity contribution in [1.82, 2.24) is 0 Å². The van der Waals surface area contributed by atoms with E-state index in [0.717, 1.165) is 0 Å². The minimum absolute atomic E-state index is 0.0430. The summed E-state index contributed by atoms with van der Waals surface area (Å²) in [6.45, 7) is 1.91. The molecule has 0 aliphatic carbocycles. The summed E-state index contributed by atoms with van der Waals surface area (Å²) in [6, 6.07) is 4.06. The predicted molar refractivity (Wildman–Crippen MR) is 65.8 cm³/mol. The van der Waals surface area contributed by atoms with E-state index in [1.807, 2.05) is 6.92 Å². The zero-order valence-electron chi connectivity index (χ0n) is 10.0. The average Bonchev–Trinajstić information content (AvgIpc) is 2.30. The Labute approximate surface area is 106 Å². The molecule has 0 aliphatic heterocycles. The van der Waals surface area contributed by atoms with Gasteiger partial charge in [-0.1, -0.05) is 11.6 Å². The number of rotatable bonds is 6. The molecular weight excluding hydrogens is 243 g/mol. The van der Waals surface area contributed by atoms with Gasteiger partial charge in [-0.25, -0.2) is 4.39 Å². The van der Waals surface area contributed by atoms with Crippen molar-refractivity contribution in [1.29, 1.82) is 0 Å². The first-order chi connectivity index (χ1) is 8.02. The lowest BCUT2D eigenvalue weighted by atomic mass is 10.0. The van der Waals surface area contributed by atoms with E-state index < -0.39 is 0 Å². The van der Waals surface area contributed by atoms with Crippen molar-refractivity contribution in [3.8, 4) is 0 Å². The molecule has 4 heteroatoms. The second kappa shape index (κ2) is 6.72. The van der Waals surface area contributed by atoms with E-state index in [1.54, 1.807) is 7.11 Å². The lowest BCUT2D eigenvalue weighted by Crippen LogP contribution is -2.10. The molecule has 0 fully saturated rings. The fourth-order valence-corrected chi connectivity index (χ4v) is 1.65. The van der Waals surface area contributed by atoms with Crippen LogP contribution in [0, 0.1) is 5.82 Å². The number of carbonyl (C=O) groups excluding carboxylic acids is 1. The third-order valence-electron chi connectivity index (χ3n) is 2.63. The Kier molecular flexibility index (Phi) is 5.59. The summed E-state index contributed by atoms with van der Waals surface area (Å²) < 4.78 is 18.0. The largest absolute Gasteiger partial charge is 0.382 e. The zero-order chi connectivity index (χ0) is 12.8. The Morgan fingerprint density at radius 1 is 1.53 bits per heavy atom. The highest BCUT2D eigenvalue weighted by molar-refractivity contribution is 6.31. The molecule has 94 valence electrons. The Morgan fingerprint density at radius 3 is 2.88 bits per heavy atom. The van der Waals surface area contributed by atoms with Crippen molar-refractivity contribution >= 4 is 17.4 Å². The first-order valence-corrected chi connectivity index (χ1v) is 5.89. The van der Waals surface area contributed by atoms with E-state index in [9.17, 15) is 9.18 Å². The number of ether oxygens (including phenoxy) is 1.